The standard InChI is InChI=1S/C16H15N3O/c1-2-12-4-3-5-15(10-12)18-11-13-6-8-14(9-7-13)16(17)19-20/h1,3-10,18,20H,11H2,(H2,17,19). The number of terminal acetylenes is 1. The molecule has 20 heavy (non-hydrogen) atoms. The highest BCUT2D eigenvalue weighted by atomic mass is 16.4. The van der Waals surface area contributed by atoms with Crippen molar-refractivity contribution in [3.8, 4) is 12.3 Å². The lowest BCUT2D eigenvalue weighted by molar-refractivity contribution is 0.318. The topological polar surface area (TPSA) is 70.6 Å². The second-order valence-electron chi connectivity index (χ2n) is 4.26. The molecule has 0 fully saturated rings. The molecule has 2 aromatic carbocycles. The normalized spacial score (nSPS) is 10.8. The van der Waals surface area contributed by atoms with E-state index in [2.05, 4.69) is 16.4 Å². The van der Waals surface area contributed by atoms with Gasteiger partial charge in [-0.2, -0.15) is 0 Å². The zero-order chi connectivity index (χ0) is 14.4. The Morgan fingerprint density at radius 2 is 2.00 bits per heavy atom. The van der Waals surface area contributed by atoms with Crippen LogP contribution in [0.3, 0.4) is 0 Å². The molecule has 0 bridgehead atoms. The van der Waals surface area contributed by atoms with Gasteiger partial charge in [0.25, 0.3) is 0 Å². The van der Waals surface area contributed by atoms with Crippen molar-refractivity contribution in [1.29, 1.82) is 0 Å². The Bertz CT molecular complexity index is 654. The minimum Gasteiger partial charge on any atom is -0.409 e. The Morgan fingerprint density at radius 3 is 2.65 bits per heavy atom. The van der Waals surface area contributed by atoms with Crippen LogP contribution < -0.4 is 11.1 Å². The summed E-state index contributed by atoms with van der Waals surface area (Å²) >= 11 is 0. The van der Waals surface area contributed by atoms with Crippen molar-refractivity contribution in [2.24, 2.45) is 10.9 Å². The number of hydrogen-bond acceptors (Lipinski definition) is 3. The first-order valence-electron chi connectivity index (χ1n) is 6.10. The molecule has 0 saturated carbocycles. The fourth-order valence-electron chi connectivity index (χ4n) is 1.77. The lowest BCUT2D eigenvalue weighted by atomic mass is 10.1. The maximum absolute atomic E-state index is 8.59. The fraction of sp³-hybridized carbons (Fsp3) is 0.0625. The Kier molecular flexibility index (Phi) is 4.25. The van der Waals surface area contributed by atoms with Crippen LogP contribution in [0.5, 0.6) is 0 Å². The molecule has 0 aliphatic rings. The van der Waals surface area contributed by atoms with E-state index in [4.69, 9.17) is 17.4 Å². The van der Waals surface area contributed by atoms with Gasteiger partial charge in [-0.1, -0.05) is 41.4 Å². The third-order valence-electron chi connectivity index (χ3n) is 2.88. The van der Waals surface area contributed by atoms with Crippen molar-refractivity contribution in [3.05, 3.63) is 65.2 Å². The van der Waals surface area contributed by atoms with Crippen molar-refractivity contribution in [2.45, 2.75) is 6.54 Å². The van der Waals surface area contributed by atoms with Gasteiger partial charge in [0.2, 0.25) is 0 Å². The minimum atomic E-state index is 0.103. The molecular weight excluding hydrogens is 250 g/mol. The van der Waals surface area contributed by atoms with E-state index in [0.717, 1.165) is 16.8 Å². The molecule has 0 amide bonds. The summed E-state index contributed by atoms with van der Waals surface area (Å²) in [4.78, 5) is 0. The van der Waals surface area contributed by atoms with Gasteiger partial charge in [-0.3, -0.25) is 0 Å². The van der Waals surface area contributed by atoms with E-state index in [9.17, 15) is 0 Å². The quantitative estimate of drug-likeness (QED) is 0.261. The van der Waals surface area contributed by atoms with Crippen molar-refractivity contribution in [3.63, 3.8) is 0 Å². The maximum atomic E-state index is 8.59. The zero-order valence-electron chi connectivity index (χ0n) is 10.9. The first-order valence-corrected chi connectivity index (χ1v) is 6.10. The molecule has 0 saturated heterocycles. The molecular formula is C16H15N3O. The molecule has 0 heterocycles. The molecule has 0 atom stereocenters. The van der Waals surface area contributed by atoms with Gasteiger partial charge in [0.1, 0.15) is 0 Å². The van der Waals surface area contributed by atoms with Crippen LogP contribution in [0.15, 0.2) is 53.7 Å². The van der Waals surface area contributed by atoms with Crippen LogP contribution in [0.4, 0.5) is 5.69 Å². The van der Waals surface area contributed by atoms with Crippen LogP contribution >= 0.6 is 0 Å². The fourth-order valence-corrected chi connectivity index (χ4v) is 1.77. The molecule has 2 rings (SSSR count). The number of benzene rings is 2. The SMILES string of the molecule is C#Cc1cccc(NCc2ccc(C(N)=NO)cc2)c1. The van der Waals surface area contributed by atoms with Crippen LogP contribution in [0.25, 0.3) is 0 Å². The summed E-state index contributed by atoms with van der Waals surface area (Å²) in [6.45, 7) is 0.671. The number of oxime groups is 1. The number of amidine groups is 1. The lowest BCUT2D eigenvalue weighted by Gasteiger charge is -2.07. The van der Waals surface area contributed by atoms with Crippen molar-refractivity contribution < 1.29 is 5.21 Å². The lowest BCUT2D eigenvalue weighted by Crippen LogP contribution is -2.13. The Morgan fingerprint density at radius 1 is 1.25 bits per heavy atom. The average Bonchev–Trinajstić information content (AvgIpc) is 2.53. The minimum absolute atomic E-state index is 0.103. The van der Waals surface area contributed by atoms with Gasteiger partial charge in [-0.15, -0.1) is 6.42 Å². The van der Waals surface area contributed by atoms with Crippen LogP contribution in [0, 0.1) is 12.3 Å². The summed E-state index contributed by atoms with van der Waals surface area (Å²) in [5, 5.41) is 14.8. The molecule has 0 unspecified atom stereocenters. The van der Waals surface area contributed by atoms with Crippen LogP contribution in [-0.2, 0) is 6.54 Å². The highest BCUT2D eigenvalue weighted by Gasteiger charge is 1.99. The Hall–Kier alpha value is -2.93. The van der Waals surface area contributed by atoms with Crippen molar-refractivity contribution in [2.75, 3.05) is 5.32 Å². The second-order valence-corrected chi connectivity index (χ2v) is 4.26. The number of anilines is 1. The number of nitrogens with zero attached hydrogens (tertiary/aromatic N) is 1. The summed E-state index contributed by atoms with van der Waals surface area (Å²) in [6, 6.07) is 15.1. The number of hydrogen-bond donors (Lipinski definition) is 3. The predicted molar refractivity (Wildman–Crippen MR) is 80.7 cm³/mol. The third kappa shape index (κ3) is 3.30. The first-order chi connectivity index (χ1) is 9.72. The van der Waals surface area contributed by atoms with E-state index in [1.54, 1.807) is 0 Å². The summed E-state index contributed by atoms with van der Waals surface area (Å²) in [7, 11) is 0. The van der Waals surface area contributed by atoms with E-state index in [-0.39, 0.29) is 5.84 Å². The highest BCUT2D eigenvalue weighted by Crippen LogP contribution is 2.12. The maximum Gasteiger partial charge on any atom is 0.170 e. The summed E-state index contributed by atoms with van der Waals surface area (Å²) < 4.78 is 0. The Labute approximate surface area is 117 Å². The van der Waals surface area contributed by atoms with E-state index in [0.29, 0.717) is 12.1 Å². The first kappa shape index (κ1) is 13.5. The number of nitrogens with two attached hydrogens (primary N) is 1. The smallest absolute Gasteiger partial charge is 0.170 e. The summed E-state index contributed by atoms with van der Waals surface area (Å²) in [5.74, 6) is 2.70. The molecule has 4 heteroatoms. The number of nitrogens with one attached hydrogen (secondary N) is 1. The van der Waals surface area contributed by atoms with Gasteiger partial charge in [0, 0.05) is 23.4 Å². The average molecular weight is 265 g/mol. The molecule has 2 aromatic rings. The van der Waals surface area contributed by atoms with Gasteiger partial charge in [-0.25, -0.2) is 0 Å². The van der Waals surface area contributed by atoms with Crippen molar-refractivity contribution >= 4 is 11.5 Å². The molecule has 0 aliphatic heterocycles. The van der Waals surface area contributed by atoms with Crippen LogP contribution in [0.1, 0.15) is 16.7 Å². The molecule has 0 radical (unpaired) electrons. The monoisotopic (exact) mass is 265 g/mol. The largest absolute Gasteiger partial charge is 0.409 e. The molecule has 4 nitrogen and oxygen atoms in total. The highest BCUT2D eigenvalue weighted by molar-refractivity contribution is 5.96. The van der Waals surface area contributed by atoms with Crippen molar-refractivity contribution in [1.82, 2.24) is 0 Å². The van der Waals surface area contributed by atoms with Gasteiger partial charge in [-0.05, 0) is 23.8 Å². The van der Waals surface area contributed by atoms with Crippen LogP contribution in [0.2, 0.25) is 0 Å². The van der Waals surface area contributed by atoms with E-state index in [1.165, 1.54) is 0 Å². The molecule has 0 spiro atoms. The third-order valence-corrected chi connectivity index (χ3v) is 2.88. The van der Waals surface area contributed by atoms with Gasteiger partial charge in [0.15, 0.2) is 5.84 Å². The summed E-state index contributed by atoms with van der Waals surface area (Å²) in [6.07, 6.45) is 5.36. The number of rotatable bonds is 4. The second kappa shape index (κ2) is 6.30. The van der Waals surface area contributed by atoms with E-state index >= 15 is 0 Å². The zero-order valence-corrected chi connectivity index (χ0v) is 10.9. The van der Waals surface area contributed by atoms with E-state index in [1.807, 2.05) is 48.5 Å². The van der Waals surface area contributed by atoms with E-state index < -0.39 is 0 Å². The van der Waals surface area contributed by atoms with Gasteiger partial charge < -0.3 is 16.3 Å². The predicted octanol–water partition coefficient (Wildman–Crippen LogP) is 2.37. The molecule has 100 valence electrons. The molecule has 4 N–H and O–H groups in total. The Balaban J connectivity index is 2.02. The molecule has 0 aliphatic carbocycles. The van der Waals surface area contributed by atoms with Gasteiger partial charge in [0.05, 0.1) is 0 Å². The molecule has 0 aromatic heterocycles. The van der Waals surface area contributed by atoms with Gasteiger partial charge >= 0.3 is 0 Å². The summed E-state index contributed by atoms with van der Waals surface area (Å²) in [5.41, 5.74) is 9.10. The van der Waals surface area contributed by atoms with Crippen LogP contribution in [-0.4, -0.2) is 11.0 Å².